The molecular formula is C12H24O4. The molecule has 0 aliphatic heterocycles. The van der Waals surface area contributed by atoms with Crippen LogP contribution in [-0.4, -0.2) is 37.0 Å². The van der Waals surface area contributed by atoms with Gasteiger partial charge in [-0.2, -0.15) is 0 Å². The average molecular weight is 232 g/mol. The zero-order chi connectivity index (χ0) is 12.6. The Bertz CT molecular complexity index is 205. The Labute approximate surface area is 97.9 Å². The number of hydrogen-bond acceptors (Lipinski definition) is 3. The molecule has 0 aliphatic rings. The first-order valence-corrected chi connectivity index (χ1v) is 5.88. The van der Waals surface area contributed by atoms with E-state index in [-0.39, 0.29) is 0 Å². The van der Waals surface area contributed by atoms with Crippen LogP contribution in [0.4, 0.5) is 0 Å². The van der Waals surface area contributed by atoms with E-state index < -0.39 is 11.6 Å². The first-order valence-electron chi connectivity index (χ1n) is 5.88. The Morgan fingerprint density at radius 3 is 2.38 bits per heavy atom. The molecule has 4 heteroatoms. The molecule has 2 atom stereocenters. The molecule has 0 aromatic carbocycles. The average Bonchev–Trinajstić information content (AvgIpc) is 2.27. The Balaban J connectivity index is 4.51. The molecule has 16 heavy (non-hydrogen) atoms. The van der Waals surface area contributed by atoms with Crippen molar-refractivity contribution in [3.05, 3.63) is 0 Å². The fourth-order valence-electron chi connectivity index (χ4n) is 1.63. The number of ether oxygens (including phenoxy) is 2. The van der Waals surface area contributed by atoms with Gasteiger partial charge < -0.3 is 14.6 Å². The molecule has 4 nitrogen and oxygen atoms in total. The lowest BCUT2D eigenvalue weighted by Gasteiger charge is -2.30. The molecule has 0 aromatic rings. The van der Waals surface area contributed by atoms with Crippen molar-refractivity contribution < 1.29 is 19.4 Å². The lowest BCUT2D eigenvalue weighted by atomic mass is 9.87. The van der Waals surface area contributed by atoms with Gasteiger partial charge in [0.05, 0.1) is 13.2 Å². The molecule has 0 rings (SSSR count). The topological polar surface area (TPSA) is 55.8 Å². The van der Waals surface area contributed by atoms with Crippen LogP contribution >= 0.6 is 0 Å². The van der Waals surface area contributed by atoms with Crippen LogP contribution in [0, 0.1) is 5.92 Å². The van der Waals surface area contributed by atoms with Crippen molar-refractivity contribution in [2.24, 2.45) is 5.92 Å². The van der Waals surface area contributed by atoms with Gasteiger partial charge in [0.15, 0.2) is 5.60 Å². The van der Waals surface area contributed by atoms with E-state index in [2.05, 4.69) is 6.92 Å². The molecule has 0 saturated heterocycles. The van der Waals surface area contributed by atoms with Crippen LogP contribution < -0.4 is 0 Å². The zero-order valence-corrected chi connectivity index (χ0v) is 10.8. The zero-order valence-electron chi connectivity index (χ0n) is 10.8. The maximum atomic E-state index is 11.3. The lowest BCUT2D eigenvalue weighted by Crippen LogP contribution is -2.43. The van der Waals surface area contributed by atoms with Crippen molar-refractivity contribution in [1.82, 2.24) is 0 Å². The van der Waals surface area contributed by atoms with Crippen molar-refractivity contribution in [2.75, 3.05) is 20.3 Å². The maximum Gasteiger partial charge on any atom is 0.335 e. The second kappa shape index (κ2) is 7.63. The maximum absolute atomic E-state index is 11.3. The number of carboxylic acids is 1. The fourth-order valence-corrected chi connectivity index (χ4v) is 1.63. The van der Waals surface area contributed by atoms with E-state index in [0.29, 0.717) is 32.0 Å². The van der Waals surface area contributed by atoms with Gasteiger partial charge in [0.1, 0.15) is 0 Å². The quantitative estimate of drug-likeness (QED) is 0.620. The molecule has 0 aliphatic carbocycles. The number of aliphatic carboxylic acids is 1. The highest BCUT2D eigenvalue weighted by Gasteiger charge is 2.38. The van der Waals surface area contributed by atoms with Crippen LogP contribution in [0.25, 0.3) is 0 Å². The number of carbonyl (C=O) groups is 1. The minimum Gasteiger partial charge on any atom is -0.479 e. The summed E-state index contributed by atoms with van der Waals surface area (Å²) < 4.78 is 10.4. The second-order valence-corrected chi connectivity index (χ2v) is 4.21. The van der Waals surface area contributed by atoms with Crippen molar-refractivity contribution >= 4 is 5.97 Å². The van der Waals surface area contributed by atoms with Crippen LogP contribution in [-0.2, 0) is 14.3 Å². The molecule has 0 radical (unpaired) electrons. The highest BCUT2D eigenvalue weighted by atomic mass is 16.5. The van der Waals surface area contributed by atoms with Gasteiger partial charge in [0, 0.05) is 7.11 Å². The normalized spacial score (nSPS) is 16.8. The van der Waals surface area contributed by atoms with E-state index in [0.717, 1.165) is 6.42 Å². The van der Waals surface area contributed by atoms with Crippen molar-refractivity contribution in [3.8, 4) is 0 Å². The third-order valence-electron chi connectivity index (χ3n) is 3.00. The van der Waals surface area contributed by atoms with Crippen molar-refractivity contribution in [1.29, 1.82) is 0 Å². The molecule has 0 fully saturated rings. The molecular weight excluding hydrogens is 208 g/mol. The second-order valence-electron chi connectivity index (χ2n) is 4.21. The van der Waals surface area contributed by atoms with Gasteiger partial charge in [-0.1, -0.05) is 27.2 Å². The van der Waals surface area contributed by atoms with Crippen molar-refractivity contribution in [3.63, 3.8) is 0 Å². The molecule has 1 N–H and O–H groups in total. The Morgan fingerprint density at radius 2 is 2.00 bits per heavy atom. The summed E-state index contributed by atoms with van der Waals surface area (Å²) >= 11 is 0. The molecule has 0 bridgehead atoms. The molecule has 0 aromatic heterocycles. The molecule has 96 valence electrons. The van der Waals surface area contributed by atoms with Crippen LogP contribution in [0.1, 0.15) is 40.0 Å². The highest BCUT2D eigenvalue weighted by molar-refractivity contribution is 5.77. The Hall–Kier alpha value is -0.610. The third-order valence-corrected chi connectivity index (χ3v) is 3.00. The van der Waals surface area contributed by atoms with E-state index >= 15 is 0 Å². The standard InChI is InChI=1S/C12H24O4/c1-5-10(3)9-12(6-2,11(13)14)16-8-7-15-4/h10H,5-9H2,1-4H3,(H,13,14). The molecule has 0 heterocycles. The summed E-state index contributed by atoms with van der Waals surface area (Å²) in [4.78, 5) is 11.3. The minimum atomic E-state index is -1.05. The number of methoxy groups -OCH3 is 1. The van der Waals surface area contributed by atoms with Gasteiger partial charge in [-0.25, -0.2) is 4.79 Å². The predicted octanol–water partition coefficient (Wildman–Crippen LogP) is 2.32. The molecule has 0 saturated carbocycles. The molecule has 2 unspecified atom stereocenters. The third kappa shape index (κ3) is 4.49. The van der Waals surface area contributed by atoms with Gasteiger partial charge in [0.2, 0.25) is 0 Å². The fraction of sp³-hybridized carbons (Fsp3) is 0.917. The first-order chi connectivity index (χ1) is 7.52. The van der Waals surface area contributed by atoms with Crippen LogP contribution in [0.15, 0.2) is 0 Å². The minimum absolute atomic E-state index is 0.326. The van der Waals surface area contributed by atoms with Gasteiger partial charge in [-0.15, -0.1) is 0 Å². The van der Waals surface area contributed by atoms with E-state index in [4.69, 9.17) is 9.47 Å². The number of hydrogen-bond donors (Lipinski definition) is 1. The smallest absolute Gasteiger partial charge is 0.335 e. The summed E-state index contributed by atoms with van der Waals surface area (Å²) in [5.41, 5.74) is -1.05. The van der Waals surface area contributed by atoms with E-state index in [1.165, 1.54) is 0 Å². The highest BCUT2D eigenvalue weighted by Crippen LogP contribution is 2.27. The van der Waals surface area contributed by atoms with Crippen LogP contribution in [0.2, 0.25) is 0 Å². The number of rotatable bonds is 9. The predicted molar refractivity (Wildman–Crippen MR) is 62.6 cm³/mol. The summed E-state index contributed by atoms with van der Waals surface area (Å²) in [7, 11) is 1.58. The number of carboxylic acid groups (broad SMARTS) is 1. The largest absolute Gasteiger partial charge is 0.479 e. The van der Waals surface area contributed by atoms with Gasteiger partial charge >= 0.3 is 5.97 Å². The van der Waals surface area contributed by atoms with Crippen LogP contribution in [0.5, 0.6) is 0 Å². The molecule has 0 amide bonds. The summed E-state index contributed by atoms with van der Waals surface area (Å²) in [5.74, 6) is -0.523. The van der Waals surface area contributed by atoms with Crippen LogP contribution in [0.3, 0.4) is 0 Å². The van der Waals surface area contributed by atoms with E-state index in [1.807, 2.05) is 13.8 Å². The SMILES string of the molecule is CCC(C)CC(CC)(OCCOC)C(=O)O. The summed E-state index contributed by atoms with van der Waals surface area (Å²) in [6, 6.07) is 0. The lowest BCUT2D eigenvalue weighted by molar-refractivity contribution is -0.171. The monoisotopic (exact) mass is 232 g/mol. The van der Waals surface area contributed by atoms with E-state index in [9.17, 15) is 9.90 Å². The van der Waals surface area contributed by atoms with Gasteiger partial charge in [-0.05, 0) is 18.8 Å². The van der Waals surface area contributed by atoms with Gasteiger partial charge in [0.25, 0.3) is 0 Å². The Kier molecular flexibility index (Phi) is 7.34. The Morgan fingerprint density at radius 1 is 1.38 bits per heavy atom. The van der Waals surface area contributed by atoms with Gasteiger partial charge in [-0.3, -0.25) is 0 Å². The molecule has 0 spiro atoms. The first kappa shape index (κ1) is 15.4. The summed E-state index contributed by atoms with van der Waals surface area (Å²) in [6.07, 6.45) is 2.00. The van der Waals surface area contributed by atoms with Crippen molar-refractivity contribution in [2.45, 2.75) is 45.6 Å². The summed E-state index contributed by atoms with van der Waals surface area (Å²) in [6.45, 7) is 6.71. The van der Waals surface area contributed by atoms with E-state index in [1.54, 1.807) is 7.11 Å². The summed E-state index contributed by atoms with van der Waals surface area (Å²) in [5, 5.41) is 9.30.